The fraction of sp³-hybridized carbons (Fsp3) is 0.727. The molecule has 0 aromatic heterocycles. The molecular weight excluding hydrogens is 164 g/mol. The highest BCUT2D eigenvalue weighted by molar-refractivity contribution is 5.85. The Morgan fingerprint density at radius 3 is 2.62 bits per heavy atom. The molecule has 0 aromatic carbocycles. The van der Waals surface area contributed by atoms with Crippen molar-refractivity contribution in [1.29, 1.82) is 0 Å². The maximum Gasteiger partial charge on any atom is 0.165 e. The molecule has 0 amide bonds. The van der Waals surface area contributed by atoms with Gasteiger partial charge in [0.25, 0.3) is 0 Å². The third kappa shape index (κ3) is 2.96. The average molecular weight is 182 g/mol. The van der Waals surface area contributed by atoms with E-state index in [1.54, 1.807) is 7.11 Å². The van der Waals surface area contributed by atoms with Gasteiger partial charge in [0, 0.05) is 13.5 Å². The van der Waals surface area contributed by atoms with Crippen LogP contribution in [0.15, 0.2) is 12.2 Å². The molecule has 74 valence electrons. The first kappa shape index (κ1) is 10.5. The summed E-state index contributed by atoms with van der Waals surface area (Å²) in [4.78, 5) is 11.6. The summed E-state index contributed by atoms with van der Waals surface area (Å²) in [6.45, 7) is 5.86. The maximum atomic E-state index is 11.6. The molecule has 0 aliphatic heterocycles. The second-order valence-electron chi connectivity index (χ2n) is 3.74. The van der Waals surface area contributed by atoms with E-state index in [4.69, 9.17) is 4.74 Å². The summed E-state index contributed by atoms with van der Waals surface area (Å²) in [5.74, 6) is 0.694. The molecule has 1 saturated carbocycles. The standard InChI is InChI=1S/C11H18O2/c1-4-8(2)7-10(12)11(13-3)9-5-6-9/h9,11H,2,4-7H2,1,3H3. The van der Waals surface area contributed by atoms with Crippen molar-refractivity contribution in [2.45, 2.75) is 38.7 Å². The molecule has 2 nitrogen and oxygen atoms in total. The topological polar surface area (TPSA) is 26.3 Å². The number of rotatable bonds is 6. The van der Waals surface area contributed by atoms with Crippen LogP contribution >= 0.6 is 0 Å². The van der Waals surface area contributed by atoms with Crippen LogP contribution in [-0.4, -0.2) is 19.0 Å². The fourth-order valence-electron chi connectivity index (χ4n) is 1.46. The SMILES string of the molecule is C=C(CC)CC(=O)C(OC)C1CC1. The number of ether oxygens (including phenoxy) is 1. The van der Waals surface area contributed by atoms with Crippen molar-refractivity contribution < 1.29 is 9.53 Å². The average Bonchev–Trinajstić information content (AvgIpc) is 2.89. The first-order chi connectivity index (χ1) is 6.19. The van der Waals surface area contributed by atoms with E-state index in [0.29, 0.717) is 12.3 Å². The van der Waals surface area contributed by atoms with Crippen molar-refractivity contribution >= 4 is 5.78 Å². The molecule has 1 fully saturated rings. The molecule has 0 N–H and O–H groups in total. The molecule has 1 unspecified atom stereocenters. The summed E-state index contributed by atoms with van der Waals surface area (Å²) in [7, 11) is 1.62. The van der Waals surface area contributed by atoms with Crippen LogP contribution < -0.4 is 0 Å². The molecule has 1 atom stereocenters. The Bertz CT molecular complexity index is 204. The summed E-state index contributed by atoms with van der Waals surface area (Å²) >= 11 is 0. The first-order valence-corrected chi connectivity index (χ1v) is 4.91. The highest BCUT2D eigenvalue weighted by atomic mass is 16.5. The van der Waals surface area contributed by atoms with Crippen LogP contribution in [0.1, 0.15) is 32.6 Å². The molecule has 0 saturated heterocycles. The predicted octanol–water partition coefficient (Wildman–Crippen LogP) is 2.34. The van der Waals surface area contributed by atoms with Gasteiger partial charge in [-0.2, -0.15) is 0 Å². The van der Waals surface area contributed by atoms with Gasteiger partial charge in [-0.25, -0.2) is 0 Å². The zero-order chi connectivity index (χ0) is 9.84. The van der Waals surface area contributed by atoms with Crippen molar-refractivity contribution in [3.8, 4) is 0 Å². The van der Waals surface area contributed by atoms with Gasteiger partial charge < -0.3 is 4.74 Å². The van der Waals surface area contributed by atoms with Gasteiger partial charge in [0.15, 0.2) is 5.78 Å². The Morgan fingerprint density at radius 2 is 2.23 bits per heavy atom. The lowest BCUT2D eigenvalue weighted by atomic mass is 10.0. The number of allylic oxidation sites excluding steroid dienone is 1. The van der Waals surface area contributed by atoms with Gasteiger partial charge in [-0.3, -0.25) is 4.79 Å². The summed E-state index contributed by atoms with van der Waals surface area (Å²) in [6.07, 6.45) is 3.49. The third-order valence-electron chi connectivity index (χ3n) is 2.55. The Morgan fingerprint density at radius 1 is 1.62 bits per heavy atom. The fourth-order valence-corrected chi connectivity index (χ4v) is 1.46. The molecule has 1 aliphatic rings. The largest absolute Gasteiger partial charge is 0.373 e. The van der Waals surface area contributed by atoms with E-state index in [-0.39, 0.29) is 11.9 Å². The lowest BCUT2D eigenvalue weighted by Gasteiger charge is -2.13. The van der Waals surface area contributed by atoms with Crippen LogP contribution in [0.5, 0.6) is 0 Å². The summed E-state index contributed by atoms with van der Waals surface area (Å²) in [5, 5.41) is 0. The predicted molar refractivity (Wildman–Crippen MR) is 52.6 cm³/mol. The summed E-state index contributed by atoms with van der Waals surface area (Å²) in [6, 6.07) is 0. The number of carbonyl (C=O) groups excluding carboxylic acids is 1. The van der Waals surface area contributed by atoms with E-state index in [9.17, 15) is 4.79 Å². The molecular formula is C11H18O2. The minimum atomic E-state index is -0.164. The molecule has 0 radical (unpaired) electrons. The zero-order valence-electron chi connectivity index (χ0n) is 8.51. The molecule has 1 aliphatic carbocycles. The molecule has 0 bridgehead atoms. The van der Waals surface area contributed by atoms with E-state index in [2.05, 4.69) is 6.58 Å². The monoisotopic (exact) mass is 182 g/mol. The van der Waals surface area contributed by atoms with E-state index < -0.39 is 0 Å². The van der Waals surface area contributed by atoms with Gasteiger partial charge in [-0.1, -0.05) is 19.1 Å². The van der Waals surface area contributed by atoms with E-state index in [1.165, 1.54) is 0 Å². The summed E-state index contributed by atoms with van der Waals surface area (Å²) in [5.41, 5.74) is 1.01. The van der Waals surface area contributed by atoms with Crippen LogP contribution in [-0.2, 0) is 9.53 Å². The minimum absolute atomic E-state index is 0.164. The van der Waals surface area contributed by atoms with Gasteiger partial charge in [0.1, 0.15) is 6.10 Å². The smallest absolute Gasteiger partial charge is 0.165 e. The van der Waals surface area contributed by atoms with Gasteiger partial charge >= 0.3 is 0 Å². The number of carbonyl (C=O) groups is 1. The number of hydrogen-bond acceptors (Lipinski definition) is 2. The van der Waals surface area contributed by atoms with Gasteiger partial charge in [0.05, 0.1) is 0 Å². The lowest BCUT2D eigenvalue weighted by Crippen LogP contribution is -2.25. The van der Waals surface area contributed by atoms with Crippen LogP contribution in [0.25, 0.3) is 0 Å². The van der Waals surface area contributed by atoms with Crippen LogP contribution in [0.4, 0.5) is 0 Å². The van der Waals surface area contributed by atoms with Crippen LogP contribution in [0.3, 0.4) is 0 Å². The number of Topliss-reactive ketones (excluding diaryl/α,β-unsaturated/α-hetero) is 1. The highest BCUT2D eigenvalue weighted by Gasteiger charge is 2.35. The normalized spacial score (nSPS) is 18.3. The first-order valence-electron chi connectivity index (χ1n) is 4.91. The van der Waals surface area contributed by atoms with Crippen LogP contribution in [0, 0.1) is 5.92 Å². The van der Waals surface area contributed by atoms with Gasteiger partial charge in [0.2, 0.25) is 0 Å². The highest BCUT2D eigenvalue weighted by Crippen LogP contribution is 2.35. The molecule has 1 rings (SSSR count). The number of ketones is 1. The Balaban J connectivity index is 2.39. The van der Waals surface area contributed by atoms with Gasteiger partial charge in [-0.05, 0) is 25.2 Å². The maximum absolute atomic E-state index is 11.6. The molecule has 2 heteroatoms. The Kier molecular flexibility index (Phi) is 3.67. The lowest BCUT2D eigenvalue weighted by molar-refractivity contribution is -0.129. The van der Waals surface area contributed by atoms with Crippen molar-refractivity contribution in [1.82, 2.24) is 0 Å². The van der Waals surface area contributed by atoms with Crippen LogP contribution in [0.2, 0.25) is 0 Å². The Hall–Kier alpha value is -0.630. The molecule has 0 aromatic rings. The number of hydrogen-bond donors (Lipinski definition) is 0. The molecule has 0 spiro atoms. The van der Waals surface area contributed by atoms with Crippen molar-refractivity contribution in [3.63, 3.8) is 0 Å². The van der Waals surface area contributed by atoms with Crippen molar-refractivity contribution in [3.05, 3.63) is 12.2 Å². The zero-order valence-corrected chi connectivity index (χ0v) is 8.51. The number of methoxy groups -OCH3 is 1. The minimum Gasteiger partial charge on any atom is -0.373 e. The molecule has 13 heavy (non-hydrogen) atoms. The second-order valence-corrected chi connectivity index (χ2v) is 3.74. The van der Waals surface area contributed by atoms with E-state index in [1.807, 2.05) is 6.92 Å². The third-order valence-corrected chi connectivity index (χ3v) is 2.55. The molecule has 0 heterocycles. The van der Waals surface area contributed by atoms with Gasteiger partial charge in [-0.15, -0.1) is 0 Å². The van der Waals surface area contributed by atoms with Crippen molar-refractivity contribution in [2.75, 3.05) is 7.11 Å². The van der Waals surface area contributed by atoms with E-state index >= 15 is 0 Å². The summed E-state index contributed by atoms with van der Waals surface area (Å²) < 4.78 is 5.19. The van der Waals surface area contributed by atoms with E-state index in [0.717, 1.165) is 24.8 Å². The Labute approximate surface area is 80.0 Å². The van der Waals surface area contributed by atoms with Crippen molar-refractivity contribution in [2.24, 2.45) is 5.92 Å². The second kappa shape index (κ2) is 4.56. The quantitative estimate of drug-likeness (QED) is 0.589.